The van der Waals surface area contributed by atoms with Crippen molar-refractivity contribution in [2.75, 3.05) is 64.5 Å². The van der Waals surface area contributed by atoms with E-state index in [-0.39, 0.29) is 30.9 Å². The van der Waals surface area contributed by atoms with Gasteiger partial charge in [-0.25, -0.2) is 0 Å². The lowest BCUT2D eigenvalue weighted by molar-refractivity contribution is -0.142. The fraction of sp³-hybridized carbons (Fsp3) is 0.654. The molecule has 2 bridgehead atoms. The summed E-state index contributed by atoms with van der Waals surface area (Å²) in [6, 6.07) is 6.19. The number of rotatable bonds is 10. The average Bonchev–Trinajstić information content (AvgIpc) is 3.54. The van der Waals surface area contributed by atoms with Crippen LogP contribution in [0.2, 0.25) is 0 Å². The van der Waals surface area contributed by atoms with Crippen molar-refractivity contribution in [2.24, 2.45) is 11.8 Å². The van der Waals surface area contributed by atoms with Crippen molar-refractivity contribution in [3.05, 3.63) is 24.3 Å². The van der Waals surface area contributed by atoms with Crippen molar-refractivity contribution < 1.29 is 33.7 Å². The number of nitrogens with one attached hydrogen (secondary N) is 2. The summed E-state index contributed by atoms with van der Waals surface area (Å²) in [5.41, 5.74) is -0.471. The molecule has 4 heterocycles. The van der Waals surface area contributed by atoms with Crippen LogP contribution in [0.4, 0.5) is 5.69 Å². The third-order valence-corrected chi connectivity index (χ3v) is 7.96. The Morgan fingerprint density at radius 1 is 1.16 bits per heavy atom. The van der Waals surface area contributed by atoms with Crippen LogP contribution in [-0.2, 0) is 23.9 Å². The molecule has 0 radical (unpaired) electrons. The van der Waals surface area contributed by atoms with Crippen LogP contribution in [0, 0.1) is 11.8 Å². The van der Waals surface area contributed by atoms with E-state index in [0.717, 1.165) is 13.1 Å². The van der Waals surface area contributed by atoms with Crippen LogP contribution in [-0.4, -0.2) is 110 Å². The molecule has 4 saturated heterocycles. The van der Waals surface area contributed by atoms with Crippen molar-refractivity contribution in [3.8, 4) is 5.75 Å². The highest BCUT2D eigenvalue weighted by Crippen LogP contribution is 2.58. The highest BCUT2D eigenvalue weighted by molar-refractivity contribution is 6.02. The van der Waals surface area contributed by atoms with Gasteiger partial charge in [0.25, 0.3) is 0 Å². The minimum Gasteiger partial charge on any atom is -0.494 e. The molecule has 3 N–H and O–H groups in total. The number of morpholine rings is 1. The first kappa shape index (κ1) is 25.9. The topological polar surface area (TPSA) is 130 Å². The first-order valence-corrected chi connectivity index (χ1v) is 13.2. The lowest BCUT2D eigenvalue weighted by atomic mass is 9.70. The van der Waals surface area contributed by atoms with Crippen LogP contribution in [0.3, 0.4) is 0 Å². The van der Waals surface area contributed by atoms with Gasteiger partial charge in [-0.2, -0.15) is 0 Å². The van der Waals surface area contributed by atoms with Gasteiger partial charge >= 0.3 is 0 Å². The Hall–Kier alpha value is -2.73. The Kier molecular flexibility index (Phi) is 7.66. The summed E-state index contributed by atoms with van der Waals surface area (Å²) >= 11 is 0. The van der Waals surface area contributed by atoms with Crippen LogP contribution >= 0.6 is 0 Å². The van der Waals surface area contributed by atoms with Gasteiger partial charge in [-0.1, -0.05) is 0 Å². The Morgan fingerprint density at radius 2 is 1.92 bits per heavy atom. The molecule has 0 aromatic heterocycles. The number of hydrogen-bond acceptors (Lipinski definition) is 8. The lowest BCUT2D eigenvalue weighted by Crippen LogP contribution is -2.56. The highest BCUT2D eigenvalue weighted by atomic mass is 16.5. The summed E-state index contributed by atoms with van der Waals surface area (Å²) in [6.45, 7) is 6.28. The van der Waals surface area contributed by atoms with Crippen molar-refractivity contribution in [1.29, 1.82) is 0 Å². The number of amides is 3. The number of fused-ring (bicyclic) bond motifs is 1. The van der Waals surface area contributed by atoms with Crippen molar-refractivity contribution in [2.45, 2.75) is 37.5 Å². The van der Waals surface area contributed by atoms with Gasteiger partial charge in [0.05, 0.1) is 44.4 Å². The molecular formula is C26H36N4O7. The molecule has 5 atom stereocenters. The number of likely N-dealkylation sites (tertiary alicyclic amines) is 1. The largest absolute Gasteiger partial charge is 0.494 e. The first-order valence-electron chi connectivity index (χ1n) is 13.2. The fourth-order valence-corrected chi connectivity index (χ4v) is 6.39. The Bertz CT molecular complexity index is 999. The van der Waals surface area contributed by atoms with Crippen LogP contribution < -0.4 is 15.4 Å². The smallest absolute Gasteiger partial charge is 0.245 e. The van der Waals surface area contributed by atoms with E-state index in [1.165, 1.54) is 4.90 Å². The molecule has 1 spiro atoms. The van der Waals surface area contributed by atoms with E-state index >= 15 is 0 Å². The number of anilines is 1. The summed E-state index contributed by atoms with van der Waals surface area (Å²) in [6.07, 6.45) is 0.677. The molecule has 0 saturated carbocycles. The number of β-amino-alcohol motifs (C(OH)–C–C–N with tert-alkyl or cyclic N) is 1. The number of hydrogen-bond donors (Lipinski definition) is 3. The van der Waals surface area contributed by atoms with E-state index in [0.29, 0.717) is 57.2 Å². The Labute approximate surface area is 216 Å². The number of carbonyl (C=O) groups is 3. The highest BCUT2D eigenvalue weighted by Gasteiger charge is 2.74. The standard InChI is InChI=1S/C26H36N4O7/c1-2-36-18-5-3-17(4-6-18)28-23(32)20-19-7-8-26(37-19)21(20)25(34)30(11-14-31)22(26)24(33)27-9-10-29-12-15-35-16-13-29/h3-6,19-22,31H,2,7-16H2,1H3,(H,27,33)(H,28,32)/t19-,20+,21-,22?,26?/m0/s1. The maximum Gasteiger partial charge on any atom is 0.245 e. The zero-order chi connectivity index (χ0) is 26.0. The van der Waals surface area contributed by atoms with Gasteiger partial charge in [0.15, 0.2) is 0 Å². The van der Waals surface area contributed by atoms with E-state index in [1.807, 2.05) is 6.92 Å². The predicted octanol–water partition coefficient (Wildman–Crippen LogP) is -0.161. The van der Waals surface area contributed by atoms with Gasteiger partial charge in [0.1, 0.15) is 17.4 Å². The zero-order valence-electron chi connectivity index (χ0n) is 21.2. The van der Waals surface area contributed by atoms with Gasteiger partial charge in [-0.15, -0.1) is 0 Å². The number of benzene rings is 1. The summed E-state index contributed by atoms with van der Waals surface area (Å²) < 4.78 is 17.2. The van der Waals surface area contributed by atoms with E-state index in [2.05, 4.69) is 15.5 Å². The predicted molar refractivity (Wildman–Crippen MR) is 133 cm³/mol. The molecule has 2 unspecified atom stereocenters. The van der Waals surface area contributed by atoms with E-state index in [4.69, 9.17) is 14.2 Å². The Balaban J connectivity index is 1.30. The molecule has 4 fully saturated rings. The number of aliphatic hydroxyl groups excluding tert-OH is 1. The van der Waals surface area contributed by atoms with Crippen molar-refractivity contribution in [1.82, 2.24) is 15.1 Å². The maximum atomic E-state index is 13.6. The average molecular weight is 517 g/mol. The van der Waals surface area contributed by atoms with Crippen LogP contribution in [0.5, 0.6) is 5.75 Å². The number of carbonyl (C=O) groups excluding carboxylic acids is 3. The maximum absolute atomic E-state index is 13.6. The minimum atomic E-state index is -1.07. The monoisotopic (exact) mass is 516 g/mol. The summed E-state index contributed by atoms with van der Waals surface area (Å²) in [4.78, 5) is 44.1. The SMILES string of the molecule is CCOc1ccc(NC(=O)[C@@H]2[C@@H]3CCC4(O3)C(C(=O)NCCN3CCOCC3)N(CCO)C(=O)[C@H]24)cc1. The second kappa shape index (κ2) is 10.9. The van der Waals surface area contributed by atoms with Gasteiger partial charge in [-0.3, -0.25) is 19.3 Å². The van der Waals surface area contributed by atoms with Crippen molar-refractivity contribution >= 4 is 23.4 Å². The summed E-state index contributed by atoms with van der Waals surface area (Å²) in [5, 5.41) is 15.6. The van der Waals surface area contributed by atoms with Crippen LogP contribution in [0.1, 0.15) is 19.8 Å². The molecular weight excluding hydrogens is 480 g/mol. The van der Waals surface area contributed by atoms with Crippen LogP contribution in [0.15, 0.2) is 24.3 Å². The normalized spacial score (nSPS) is 30.9. The van der Waals surface area contributed by atoms with E-state index < -0.39 is 29.6 Å². The molecule has 4 aliphatic heterocycles. The van der Waals surface area contributed by atoms with Gasteiger partial charge < -0.3 is 34.9 Å². The molecule has 37 heavy (non-hydrogen) atoms. The summed E-state index contributed by atoms with van der Waals surface area (Å²) in [5.74, 6) is -1.68. The van der Waals surface area contributed by atoms with E-state index in [9.17, 15) is 19.5 Å². The lowest BCUT2D eigenvalue weighted by Gasteiger charge is -2.33. The van der Waals surface area contributed by atoms with Gasteiger partial charge in [0, 0.05) is 38.4 Å². The summed E-state index contributed by atoms with van der Waals surface area (Å²) in [7, 11) is 0. The molecule has 1 aromatic rings. The molecule has 4 aliphatic rings. The molecule has 1 aromatic carbocycles. The van der Waals surface area contributed by atoms with Gasteiger partial charge in [-0.05, 0) is 44.0 Å². The zero-order valence-corrected chi connectivity index (χ0v) is 21.2. The third-order valence-electron chi connectivity index (χ3n) is 7.96. The second-order valence-corrected chi connectivity index (χ2v) is 10.0. The molecule has 11 nitrogen and oxygen atoms in total. The second-order valence-electron chi connectivity index (χ2n) is 10.0. The first-order chi connectivity index (χ1) is 18.0. The van der Waals surface area contributed by atoms with E-state index in [1.54, 1.807) is 24.3 Å². The fourth-order valence-electron chi connectivity index (χ4n) is 6.39. The molecule has 11 heteroatoms. The Morgan fingerprint density at radius 3 is 2.62 bits per heavy atom. The molecule has 3 amide bonds. The minimum absolute atomic E-state index is 0.0138. The third kappa shape index (κ3) is 4.81. The quantitative estimate of drug-likeness (QED) is 0.391. The number of aliphatic hydroxyl groups is 1. The molecule has 5 rings (SSSR count). The van der Waals surface area contributed by atoms with Crippen molar-refractivity contribution in [3.63, 3.8) is 0 Å². The van der Waals surface area contributed by atoms with Gasteiger partial charge in [0.2, 0.25) is 17.7 Å². The molecule has 202 valence electrons. The number of ether oxygens (including phenoxy) is 3. The molecule has 0 aliphatic carbocycles. The van der Waals surface area contributed by atoms with Crippen LogP contribution in [0.25, 0.3) is 0 Å². The number of nitrogens with zero attached hydrogens (tertiary/aromatic N) is 2.